The minimum atomic E-state index is -4.51. The van der Waals surface area contributed by atoms with Gasteiger partial charge in [0.2, 0.25) is 0 Å². The molecule has 1 saturated heterocycles. The van der Waals surface area contributed by atoms with Crippen LogP contribution in [0.15, 0.2) is 54.9 Å². The van der Waals surface area contributed by atoms with E-state index in [1.165, 1.54) is 56.5 Å². The number of nitrogens with two attached hydrogens (primary N) is 2. The first kappa shape index (κ1) is 25.4. The SMILES string of the molecule is C1CCNC1.N=C(c1ccc(NC(=O)Nc2cccc(C(F)(F)F)c2)cc1)c1c(N)ncnc1N. The van der Waals surface area contributed by atoms with Crippen LogP contribution in [0.25, 0.3) is 0 Å². The van der Waals surface area contributed by atoms with Crippen molar-refractivity contribution in [3.05, 3.63) is 71.5 Å². The molecule has 35 heavy (non-hydrogen) atoms. The quantitative estimate of drug-likeness (QED) is 0.305. The number of nitrogens with zero attached hydrogens (tertiary/aromatic N) is 2. The molecular weight excluding hydrogens is 461 g/mol. The van der Waals surface area contributed by atoms with Crippen molar-refractivity contribution in [3.63, 3.8) is 0 Å². The molecule has 1 aromatic heterocycles. The maximum Gasteiger partial charge on any atom is 0.416 e. The van der Waals surface area contributed by atoms with E-state index in [2.05, 4.69) is 25.9 Å². The molecule has 0 atom stereocenters. The molecule has 3 aromatic rings. The largest absolute Gasteiger partial charge is 0.416 e. The van der Waals surface area contributed by atoms with Gasteiger partial charge in [-0.15, -0.1) is 0 Å². The maximum absolute atomic E-state index is 12.8. The van der Waals surface area contributed by atoms with Crippen LogP contribution in [-0.4, -0.2) is 34.8 Å². The predicted molar refractivity (Wildman–Crippen MR) is 129 cm³/mol. The fourth-order valence-corrected chi connectivity index (χ4v) is 3.23. The molecule has 12 heteroatoms. The van der Waals surface area contributed by atoms with Gasteiger partial charge in [-0.2, -0.15) is 13.2 Å². The molecule has 184 valence electrons. The monoisotopic (exact) mass is 486 g/mol. The van der Waals surface area contributed by atoms with E-state index >= 15 is 0 Å². The van der Waals surface area contributed by atoms with Gasteiger partial charge in [0.25, 0.3) is 0 Å². The lowest BCUT2D eigenvalue weighted by atomic mass is 10.0. The number of halogens is 3. The molecule has 2 heterocycles. The number of rotatable bonds is 4. The zero-order valence-corrected chi connectivity index (χ0v) is 18.6. The third kappa shape index (κ3) is 7.14. The third-order valence-electron chi connectivity index (χ3n) is 4.99. The molecule has 9 nitrogen and oxygen atoms in total. The number of hydrogen-bond donors (Lipinski definition) is 6. The van der Waals surface area contributed by atoms with E-state index in [9.17, 15) is 18.0 Å². The van der Waals surface area contributed by atoms with Crippen molar-refractivity contribution in [1.82, 2.24) is 15.3 Å². The number of nitrogens with one attached hydrogen (secondary N) is 4. The number of urea groups is 1. The van der Waals surface area contributed by atoms with Gasteiger partial charge in [0.15, 0.2) is 0 Å². The standard InChI is InChI=1S/C19H16F3N7O.C4H9N/c20-19(21,22)11-2-1-3-13(8-11)29-18(30)28-12-6-4-10(5-7-12)15(23)14-16(24)26-9-27-17(14)25;1-2-4-5-3-1/h1-9,23H,(H2,28,29,30)(H4,24,25,26,27);5H,1-4H2. The molecule has 0 bridgehead atoms. The highest BCUT2D eigenvalue weighted by atomic mass is 19.4. The summed E-state index contributed by atoms with van der Waals surface area (Å²) in [7, 11) is 0. The number of anilines is 4. The Bertz CT molecular complexity index is 1150. The van der Waals surface area contributed by atoms with Crippen LogP contribution >= 0.6 is 0 Å². The zero-order chi connectivity index (χ0) is 25.4. The van der Waals surface area contributed by atoms with Crippen molar-refractivity contribution in [3.8, 4) is 0 Å². The minimum absolute atomic E-state index is 0.00393. The summed E-state index contributed by atoms with van der Waals surface area (Å²) in [5, 5.41) is 16.3. The van der Waals surface area contributed by atoms with Crippen LogP contribution < -0.4 is 27.4 Å². The van der Waals surface area contributed by atoms with Gasteiger partial charge in [0.05, 0.1) is 16.8 Å². The first-order valence-corrected chi connectivity index (χ1v) is 10.7. The number of alkyl halides is 3. The van der Waals surface area contributed by atoms with E-state index in [0.717, 1.165) is 12.1 Å². The Hall–Kier alpha value is -4.19. The van der Waals surface area contributed by atoms with Gasteiger partial charge in [-0.05, 0) is 56.3 Å². The molecule has 2 amide bonds. The van der Waals surface area contributed by atoms with Crippen molar-refractivity contribution >= 4 is 34.8 Å². The van der Waals surface area contributed by atoms with Crippen LogP contribution in [0.3, 0.4) is 0 Å². The molecule has 1 aliphatic rings. The van der Waals surface area contributed by atoms with E-state index in [1.807, 2.05) is 0 Å². The second-order valence-corrected chi connectivity index (χ2v) is 7.59. The first-order chi connectivity index (χ1) is 16.6. The smallest absolute Gasteiger partial charge is 0.383 e. The molecule has 0 radical (unpaired) electrons. The van der Waals surface area contributed by atoms with Crippen LogP contribution in [0.4, 0.5) is 41.0 Å². The number of nitrogen functional groups attached to an aromatic ring is 2. The van der Waals surface area contributed by atoms with E-state index in [0.29, 0.717) is 11.3 Å². The summed E-state index contributed by atoms with van der Waals surface area (Å²) in [6.45, 7) is 2.50. The molecule has 8 N–H and O–H groups in total. The topological polar surface area (TPSA) is 155 Å². The highest BCUT2D eigenvalue weighted by Crippen LogP contribution is 2.30. The van der Waals surface area contributed by atoms with Gasteiger partial charge in [0, 0.05) is 16.9 Å². The zero-order valence-electron chi connectivity index (χ0n) is 18.6. The number of hydrogen-bond acceptors (Lipinski definition) is 7. The number of carbonyl (C=O) groups excluding carboxylic acids is 1. The Morgan fingerprint density at radius 2 is 1.54 bits per heavy atom. The van der Waals surface area contributed by atoms with Crippen LogP contribution in [0.1, 0.15) is 29.5 Å². The Kier molecular flexibility index (Phi) is 8.21. The Morgan fingerprint density at radius 1 is 0.943 bits per heavy atom. The van der Waals surface area contributed by atoms with Crippen LogP contribution in [-0.2, 0) is 6.18 Å². The summed E-state index contributed by atoms with van der Waals surface area (Å²) < 4.78 is 38.3. The van der Waals surface area contributed by atoms with Gasteiger partial charge in [-0.3, -0.25) is 5.41 Å². The van der Waals surface area contributed by atoms with Gasteiger partial charge in [-0.25, -0.2) is 14.8 Å². The lowest BCUT2D eigenvalue weighted by Gasteiger charge is -2.12. The van der Waals surface area contributed by atoms with Crippen LogP contribution in [0, 0.1) is 5.41 Å². The van der Waals surface area contributed by atoms with Crippen molar-refractivity contribution in [1.29, 1.82) is 5.41 Å². The Labute approximate surface area is 199 Å². The highest BCUT2D eigenvalue weighted by Gasteiger charge is 2.30. The van der Waals surface area contributed by atoms with E-state index < -0.39 is 17.8 Å². The molecule has 4 rings (SSSR count). The first-order valence-electron chi connectivity index (χ1n) is 10.7. The normalized spacial score (nSPS) is 12.9. The number of aromatic nitrogens is 2. The average molecular weight is 487 g/mol. The molecule has 1 aliphatic heterocycles. The van der Waals surface area contributed by atoms with Crippen LogP contribution in [0.2, 0.25) is 0 Å². The molecule has 0 unspecified atom stereocenters. The molecule has 0 spiro atoms. The van der Waals surface area contributed by atoms with Gasteiger partial charge < -0.3 is 27.4 Å². The fraction of sp³-hybridized carbons (Fsp3) is 0.217. The van der Waals surface area contributed by atoms with Gasteiger partial charge in [-0.1, -0.05) is 18.2 Å². The summed E-state index contributed by atoms with van der Waals surface area (Å²) in [4.78, 5) is 19.7. The maximum atomic E-state index is 12.8. The molecule has 0 saturated carbocycles. The minimum Gasteiger partial charge on any atom is -0.383 e. The van der Waals surface area contributed by atoms with Gasteiger partial charge in [0.1, 0.15) is 18.0 Å². The number of amides is 2. The second-order valence-electron chi connectivity index (χ2n) is 7.59. The van der Waals surface area contributed by atoms with Crippen LogP contribution in [0.5, 0.6) is 0 Å². The summed E-state index contributed by atoms with van der Waals surface area (Å²) in [5.41, 5.74) is 11.7. The molecule has 2 aromatic carbocycles. The summed E-state index contributed by atoms with van der Waals surface area (Å²) in [6.07, 6.45) is -0.539. The summed E-state index contributed by atoms with van der Waals surface area (Å²) >= 11 is 0. The van der Waals surface area contributed by atoms with E-state index in [-0.39, 0.29) is 28.6 Å². The summed E-state index contributed by atoms with van der Waals surface area (Å²) in [6, 6.07) is 9.70. The lowest BCUT2D eigenvalue weighted by Crippen LogP contribution is -2.20. The Balaban J connectivity index is 0.000000607. The lowest BCUT2D eigenvalue weighted by molar-refractivity contribution is -0.137. The van der Waals surface area contributed by atoms with Crippen molar-refractivity contribution in [2.75, 3.05) is 35.2 Å². The van der Waals surface area contributed by atoms with E-state index in [1.54, 1.807) is 12.1 Å². The van der Waals surface area contributed by atoms with Crippen molar-refractivity contribution in [2.24, 2.45) is 0 Å². The summed E-state index contributed by atoms with van der Waals surface area (Å²) in [5.74, 6) is 0.130. The Morgan fingerprint density at radius 3 is 2.09 bits per heavy atom. The second kappa shape index (κ2) is 11.3. The highest BCUT2D eigenvalue weighted by molar-refractivity contribution is 6.16. The van der Waals surface area contributed by atoms with E-state index in [4.69, 9.17) is 16.9 Å². The van der Waals surface area contributed by atoms with Crippen molar-refractivity contribution < 1.29 is 18.0 Å². The van der Waals surface area contributed by atoms with Crippen molar-refractivity contribution in [2.45, 2.75) is 19.0 Å². The molecule has 1 fully saturated rings. The number of benzene rings is 2. The molecular formula is C23H25F3N8O. The average Bonchev–Trinajstić information content (AvgIpc) is 3.39. The van der Waals surface area contributed by atoms with Gasteiger partial charge >= 0.3 is 12.2 Å². The third-order valence-corrected chi connectivity index (χ3v) is 4.99. The predicted octanol–water partition coefficient (Wildman–Crippen LogP) is 4.09. The number of carbonyl (C=O) groups is 1. The fourth-order valence-electron chi connectivity index (χ4n) is 3.23. The molecule has 0 aliphatic carbocycles.